The number of methoxy groups -OCH3 is 1. The van der Waals surface area contributed by atoms with Crippen molar-refractivity contribution in [2.45, 2.75) is 33.6 Å². The minimum atomic E-state index is -0.286. The van der Waals surface area contributed by atoms with Crippen molar-refractivity contribution < 1.29 is 14.2 Å². The second kappa shape index (κ2) is 7.01. The highest BCUT2D eigenvalue weighted by molar-refractivity contribution is 5.64. The molecule has 2 aromatic rings. The summed E-state index contributed by atoms with van der Waals surface area (Å²) in [5, 5.41) is 8.47. The van der Waals surface area contributed by atoms with Crippen LogP contribution in [0.25, 0.3) is 0 Å². The minimum absolute atomic E-state index is 0.0636. The average Bonchev–Trinajstić information content (AvgIpc) is 3.05. The van der Waals surface area contributed by atoms with Gasteiger partial charge in [-0.25, -0.2) is 4.68 Å². The van der Waals surface area contributed by atoms with Crippen molar-refractivity contribution in [3.63, 3.8) is 0 Å². The lowest BCUT2D eigenvalue weighted by atomic mass is 9.96. The summed E-state index contributed by atoms with van der Waals surface area (Å²) in [6, 6.07) is 5.97. The van der Waals surface area contributed by atoms with E-state index in [-0.39, 0.29) is 11.7 Å². The molecule has 0 unspecified atom stereocenters. The van der Waals surface area contributed by atoms with Gasteiger partial charge in [0.25, 0.3) is 0 Å². The molecule has 0 amide bonds. The smallest absolute Gasteiger partial charge is 0.177 e. The number of nitrogens with zero attached hydrogens (tertiary/aromatic N) is 4. The molecule has 0 spiro atoms. The Morgan fingerprint density at radius 3 is 2.72 bits per heavy atom. The molecule has 3 rings (SSSR count). The van der Waals surface area contributed by atoms with E-state index in [0.29, 0.717) is 19.8 Å². The number of aromatic nitrogens is 3. The third-order valence-electron chi connectivity index (χ3n) is 4.30. The predicted octanol–water partition coefficient (Wildman–Crippen LogP) is 2.76. The SMILES string of the molecule is COc1ccc(C)c(N(C)c2cn(CC3OCC(C)(C)CO3)nn2)c1. The van der Waals surface area contributed by atoms with Gasteiger partial charge in [-0.2, -0.15) is 0 Å². The second-order valence-electron chi connectivity index (χ2n) is 7.23. The average molecular weight is 346 g/mol. The molecule has 0 saturated carbocycles. The van der Waals surface area contributed by atoms with Crippen LogP contribution < -0.4 is 9.64 Å². The molecule has 0 atom stereocenters. The summed E-state index contributed by atoms with van der Waals surface area (Å²) in [6.07, 6.45) is 1.61. The summed E-state index contributed by atoms with van der Waals surface area (Å²) in [6.45, 7) is 8.20. The number of anilines is 2. The number of ether oxygens (including phenoxy) is 3. The van der Waals surface area contributed by atoms with Crippen LogP contribution in [0.2, 0.25) is 0 Å². The fourth-order valence-electron chi connectivity index (χ4n) is 2.72. The lowest BCUT2D eigenvalue weighted by molar-refractivity contribution is -0.227. The molecule has 136 valence electrons. The molecule has 1 aromatic carbocycles. The first-order chi connectivity index (χ1) is 11.9. The molecule has 25 heavy (non-hydrogen) atoms. The molecule has 1 aliphatic heterocycles. The summed E-state index contributed by atoms with van der Waals surface area (Å²) < 4.78 is 18.6. The maximum absolute atomic E-state index is 5.76. The van der Waals surface area contributed by atoms with E-state index in [1.807, 2.05) is 36.3 Å². The highest BCUT2D eigenvalue weighted by atomic mass is 16.7. The Bertz CT molecular complexity index is 719. The number of hydrogen-bond donors (Lipinski definition) is 0. The van der Waals surface area contributed by atoms with Crippen LogP contribution in [0.3, 0.4) is 0 Å². The first-order valence-electron chi connectivity index (χ1n) is 8.40. The molecule has 1 fully saturated rings. The van der Waals surface area contributed by atoms with Crippen molar-refractivity contribution in [3.8, 4) is 5.75 Å². The van der Waals surface area contributed by atoms with E-state index in [9.17, 15) is 0 Å². The third-order valence-corrected chi connectivity index (χ3v) is 4.30. The van der Waals surface area contributed by atoms with Crippen molar-refractivity contribution in [1.82, 2.24) is 15.0 Å². The Hall–Kier alpha value is -2.12. The molecular formula is C18H26N4O3. The lowest BCUT2D eigenvalue weighted by Gasteiger charge is -2.34. The molecule has 0 aliphatic carbocycles. The zero-order chi connectivity index (χ0) is 18.0. The Kier molecular flexibility index (Phi) is 4.96. The van der Waals surface area contributed by atoms with Crippen molar-refractivity contribution in [1.29, 1.82) is 0 Å². The number of aryl methyl sites for hydroxylation is 1. The number of benzene rings is 1. The highest BCUT2D eigenvalue weighted by Gasteiger charge is 2.28. The van der Waals surface area contributed by atoms with E-state index < -0.39 is 0 Å². The Morgan fingerprint density at radius 1 is 1.32 bits per heavy atom. The quantitative estimate of drug-likeness (QED) is 0.830. The van der Waals surface area contributed by atoms with E-state index in [2.05, 4.69) is 31.1 Å². The standard InChI is InChI=1S/C18H26N4O3/c1-13-6-7-14(23-5)8-15(13)21(4)16-9-22(20-19-16)10-17-24-11-18(2,3)12-25-17/h6-9,17H,10-12H2,1-5H3. The van der Waals surface area contributed by atoms with Crippen LogP contribution in [0.15, 0.2) is 24.4 Å². The molecule has 1 aliphatic rings. The normalized spacial score (nSPS) is 17.5. The molecule has 0 bridgehead atoms. The van der Waals surface area contributed by atoms with E-state index in [0.717, 1.165) is 22.8 Å². The highest BCUT2D eigenvalue weighted by Crippen LogP contribution is 2.29. The fraction of sp³-hybridized carbons (Fsp3) is 0.556. The van der Waals surface area contributed by atoms with Gasteiger partial charge in [-0.3, -0.25) is 0 Å². The first kappa shape index (κ1) is 17.7. The summed E-state index contributed by atoms with van der Waals surface area (Å²) >= 11 is 0. The van der Waals surface area contributed by atoms with Gasteiger partial charge in [-0.15, -0.1) is 5.10 Å². The van der Waals surface area contributed by atoms with Crippen LogP contribution in [0.1, 0.15) is 19.4 Å². The first-order valence-corrected chi connectivity index (χ1v) is 8.40. The molecule has 1 aromatic heterocycles. The maximum Gasteiger partial charge on any atom is 0.177 e. The van der Waals surface area contributed by atoms with Crippen LogP contribution in [0, 0.1) is 12.3 Å². The van der Waals surface area contributed by atoms with Crippen LogP contribution in [0.5, 0.6) is 5.75 Å². The Morgan fingerprint density at radius 2 is 2.04 bits per heavy atom. The number of rotatable bonds is 5. The van der Waals surface area contributed by atoms with Crippen molar-refractivity contribution in [3.05, 3.63) is 30.0 Å². The van der Waals surface area contributed by atoms with Gasteiger partial charge in [0, 0.05) is 24.2 Å². The molecule has 0 N–H and O–H groups in total. The van der Waals surface area contributed by atoms with Crippen molar-refractivity contribution in [2.24, 2.45) is 5.41 Å². The lowest BCUT2D eigenvalue weighted by Crippen LogP contribution is -2.39. The van der Waals surface area contributed by atoms with Gasteiger partial charge in [-0.05, 0) is 18.6 Å². The van der Waals surface area contributed by atoms with Crippen LogP contribution >= 0.6 is 0 Å². The zero-order valence-electron chi connectivity index (χ0n) is 15.5. The van der Waals surface area contributed by atoms with Gasteiger partial charge in [-0.1, -0.05) is 25.1 Å². The van der Waals surface area contributed by atoms with E-state index in [1.165, 1.54) is 0 Å². The van der Waals surface area contributed by atoms with Crippen molar-refractivity contribution in [2.75, 3.05) is 32.3 Å². The molecular weight excluding hydrogens is 320 g/mol. The summed E-state index contributed by atoms with van der Waals surface area (Å²) in [4.78, 5) is 1.99. The van der Waals surface area contributed by atoms with E-state index >= 15 is 0 Å². The maximum atomic E-state index is 5.76. The van der Waals surface area contributed by atoms with Crippen LogP contribution in [-0.2, 0) is 16.0 Å². The van der Waals surface area contributed by atoms with Crippen LogP contribution in [0.4, 0.5) is 11.5 Å². The van der Waals surface area contributed by atoms with Gasteiger partial charge in [0.05, 0.1) is 33.1 Å². The van der Waals surface area contributed by atoms with Crippen LogP contribution in [-0.4, -0.2) is 48.7 Å². The molecule has 1 saturated heterocycles. The Balaban J connectivity index is 1.69. The van der Waals surface area contributed by atoms with Gasteiger partial charge >= 0.3 is 0 Å². The molecule has 7 heteroatoms. The largest absolute Gasteiger partial charge is 0.497 e. The summed E-state index contributed by atoms with van der Waals surface area (Å²) in [5.41, 5.74) is 2.23. The van der Waals surface area contributed by atoms with Gasteiger partial charge in [0.15, 0.2) is 12.1 Å². The van der Waals surface area contributed by atoms with Crippen molar-refractivity contribution >= 4 is 11.5 Å². The molecule has 0 radical (unpaired) electrons. The van der Waals surface area contributed by atoms with E-state index in [4.69, 9.17) is 14.2 Å². The fourth-order valence-corrected chi connectivity index (χ4v) is 2.72. The number of hydrogen-bond acceptors (Lipinski definition) is 6. The summed E-state index contributed by atoms with van der Waals surface area (Å²) in [7, 11) is 3.63. The second-order valence-corrected chi connectivity index (χ2v) is 7.23. The molecule has 2 heterocycles. The van der Waals surface area contributed by atoms with Gasteiger partial charge in [0.2, 0.25) is 0 Å². The minimum Gasteiger partial charge on any atom is -0.497 e. The third kappa shape index (κ3) is 4.11. The topological polar surface area (TPSA) is 61.6 Å². The monoisotopic (exact) mass is 346 g/mol. The summed E-state index contributed by atoms with van der Waals surface area (Å²) in [5.74, 6) is 1.57. The van der Waals surface area contributed by atoms with E-state index in [1.54, 1.807) is 11.8 Å². The zero-order valence-corrected chi connectivity index (χ0v) is 15.5. The molecule has 7 nitrogen and oxygen atoms in total. The Labute approximate surface area is 148 Å². The van der Waals surface area contributed by atoms with Gasteiger partial charge < -0.3 is 19.1 Å². The predicted molar refractivity (Wildman–Crippen MR) is 95.3 cm³/mol. The van der Waals surface area contributed by atoms with Gasteiger partial charge in [0.1, 0.15) is 5.75 Å².